The maximum Gasteiger partial charge on any atom is 0.272 e. The first kappa shape index (κ1) is 11.4. The van der Waals surface area contributed by atoms with Crippen LogP contribution >= 0.6 is 12.2 Å². The number of carbonyl (C=O) groups excluding carboxylic acids is 1. The molecule has 15 heavy (non-hydrogen) atoms. The highest BCUT2D eigenvalue weighted by Crippen LogP contribution is 2.05. The summed E-state index contributed by atoms with van der Waals surface area (Å²) in [7, 11) is 1.47. The van der Waals surface area contributed by atoms with Gasteiger partial charge in [0.1, 0.15) is 5.82 Å². The van der Waals surface area contributed by atoms with Crippen LogP contribution < -0.4 is 11.2 Å². The van der Waals surface area contributed by atoms with E-state index in [1.807, 2.05) is 0 Å². The molecule has 0 unspecified atom stereocenters. The van der Waals surface area contributed by atoms with Crippen LogP contribution in [0.3, 0.4) is 0 Å². The fraction of sp³-hybridized carbons (Fsp3) is 0.111. The van der Waals surface area contributed by atoms with Gasteiger partial charge >= 0.3 is 0 Å². The van der Waals surface area contributed by atoms with Crippen molar-refractivity contribution in [1.82, 2.24) is 10.4 Å². The Morgan fingerprint density at radius 1 is 1.53 bits per heavy atom. The molecule has 4 nitrogen and oxygen atoms in total. The second-order valence-electron chi connectivity index (χ2n) is 2.82. The van der Waals surface area contributed by atoms with Crippen molar-refractivity contribution in [2.24, 2.45) is 5.73 Å². The normalized spacial score (nSPS) is 9.47. The van der Waals surface area contributed by atoms with Crippen molar-refractivity contribution in [2.45, 2.75) is 0 Å². The van der Waals surface area contributed by atoms with Crippen LogP contribution in [0, 0.1) is 5.82 Å². The van der Waals surface area contributed by atoms with E-state index < -0.39 is 11.7 Å². The van der Waals surface area contributed by atoms with Gasteiger partial charge in [0.05, 0.1) is 5.56 Å². The van der Waals surface area contributed by atoms with E-state index in [-0.39, 0.29) is 10.7 Å². The van der Waals surface area contributed by atoms with Gasteiger partial charge in [0.2, 0.25) is 0 Å². The largest absolute Gasteiger partial charge is 0.375 e. The minimum absolute atomic E-state index is 0.000288. The molecule has 0 fully saturated rings. The zero-order chi connectivity index (χ0) is 11.4. The average molecular weight is 227 g/mol. The van der Waals surface area contributed by atoms with Crippen LogP contribution in [0.2, 0.25) is 0 Å². The standard InChI is InChI=1S/C9H10FN3OS/c1-13(9(11)15)12-8(14)6-4-2-3-5-7(6)10/h2-5H,1H3,(H2,11,15)(H,12,14). The Hall–Kier alpha value is -1.69. The van der Waals surface area contributed by atoms with Crippen LogP contribution in [0.1, 0.15) is 10.4 Å². The number of nitrogens with two attached hydrogens (primary N) is 1. The van der Waals surface area contributed by atoms with Crippen molar-refractivity contribution < 1.29 is 9.18 Å². The molecule has 3 N–H and O–H groups in total. The highest BCUT2D eigenvalue weighted by Gasteiger charge is 2.12. The number of benzene rings is 1. The van der Waals surface area contributed by atoms with E-state index in [1.54, 1.807) is 6.07 Å². The molecule has 0 aromatic heterocycles. The van der Waals surface area contributed by atoms with Crippen LogP contribution in [-0.4, -0.2) is 23.1 Å². The first-order valence-electron chi connectivity index (χ1n) is 4.11. The zero-order valence-electron chi connectivity index (χ0n) is 8.03. The number of hydrazine groups is 1. The highest BCUT2D eigenvalue weighted by molar-refractivity contribution is 7.80. The summed E-state index contributed by atoms with van der Waals surface area (Å²) in [4.78, 5) is 11.5. The van der Waals surface area contributed by atoms with E-state index in [9.17, 15) is 9.18 Å². The molecule has 1 rings (SSSR count). The van der Waals surface area contributed by atoms with Gasteiger partial charge in [-0.25, -0.2) is 4.39 Å². The summed E-state index contributed by atoms with van der Waals surface area (Å²) < 4.78 is 13.1. The van der Waals surface area contributed by atoms with Crippen LogP contribution in [-0.2, 0) is 0 Å². The number of carbonyl (C=O) groups is 1. The minimum Gasteiger partial charge on any atom is -0.375 e. The van der Waals surface area contributed by atoms with Crippen molar-refractivity contribution in [3.63, 3.8) is 0 Å². The van der Waals surface area contributed by atoms with Gasteiger partial charge in [-0.1, -0.05) is 12.1 Å². The van der Waals surface area contributed by atoms with E-state index in [1.165, 1.54) is 25.2 Å². The van der Waals surface area contributed by atoms with E-state index in [2.05, 4.69) is 17.6 Å². The number of hydrogen-bond acceptors (Lipinski definition) is 2. The molecule has 0 bridgehead atoms. The van der Waals surface area contributed by atoms with Crippen LogP contribution in [0.15, 0.2) is 24.3 Å². The maximum atomic E-state index is 13.1. The quantitative estimate of drug-likeness (QED) is 0.546. The smallest absolute Gasteiger partial charge is 0.272 e. The lowest BCUT2D eigenvalue weighted by molar-refractivity contribution is 0.0883. The number of hydrogen-bond donors (Lipinski definition) is 2. The van der Waals surface area contributed by atoms with Crippen LogP contribution in [0.4, 0.5) is 4.39 Å². The molecule has 0 radical (unpaired) electrons. The molecule has 1 aromatic carbocycles. The van der Waals surface area contributed by atoms with Crippen molar-refractivity contribution >= 4 is 23.2 Å². The van der Waals surface area contributed by atoms with Gasteiger partial charge in [-0.05, 0) is 24.4 Å². The number of nitrogens with zero attached hydrogens (tertiary/aromatic N) is 1. The molecule has 1 aromatic rings. The van der Waals surface area contributed by atoms with Gasteiger partial charge < -0.3 is 5.73 Å². The third-order valence-electron chi connectivity index (χ3n) is 1.72. The summed E-state index contributed by atoms with van der Waals surface area (Å²) in [6, 6.07) is 5.65. The molecule has 0 saturated heterocycles. The van der Waals surface area contributed by atoms with Crippen molar-refractivity contribution in [3.8, 4) is 0 Å². The molecule has 6 heteroatoms. The molecular weight excluding hydrogens is 217 g/mol. The van der Waals surface area contributed by atoms with E-state index >= 15 is 0 Å². The molecule has 0 atom stereocenters. The van der Waals surface area contributed by atoms with Crippen molar-refractivity contribution in [1.29, 1.82) is 0 Å². The highest BCUT2D eigenvalue weighted by atomic mass is 32.1. The molecule has 80 valence electrons. The van der Waals surface area contributed by atoms with Crippen LogP contribution in [0.5, 0.6) is 0 Å². The number of halogens is 1. The molecule has 0 saturated carbocycles. The summed E-state index contributed by atoms with van der Waals surface area (Å²) in [6.07, 6.45) is 0. The lowest BCUT2D eigenvalue weighted by Crippen LogP contribution is -2.46. The lowest BCUT2D eigenvalue weighted by Gasteiger charge is -2.17. The zero-order valence-corrected chi connectivity index (χ0v) is 8.84. The van der Waals surface area contributed by atoms with Gasteiger partial charge in [-0.15, -0.1) is 0 Å². The summed E-state index contributed by atoms with van der Waals surface area (Å²) in [6.45, 7) is 0. The number of thiocarbonyl (C=S) groups is 1. The monoisotopic (exact) mass is 227 g/mol. The fourth-order valence-corrected chi connectivity index (χ4v) is 0.959. The first-order chi connectivity index (χ1) is 7.02. The Morgan fingerprint density at radius 2 is 2.13 bits per heavy atom. The summed E-state index contributed by atoms with van der Waals surface area (Å²) in [5, 5.41) is 1.14. The Bertz CT molecular complexity index is 397. The summed E-state index contributed by atoms with van der Waals surface area (Å²) in [5.41, 5.74) is 7.52. The van der Waals surface area contributed by atoms with Gasteiger partial charge in [0, 0.05) is 7.05 Å². The number of rotatable bonds is 1. The molecule has 0 heterocycles. The molecular formula is C9H10FN3OS. The summed E-state index contributed by atoms with van der Waals surface area (Å²) in [5.74, 6) is -1.19. The van der Waals surface area contributed by atoms with E-state index in [4.69, 9.17) is 5.73 Å². The fourth-order valence-electron chi connectivity index (χ4n) is 0.913. The molecule has 0 aliphatic carbocycles. The predicted molar refractivity (Wildman–Crippen MR) is 58.4 cm³/mol. The molecule has 0 spiro atoms. The molecule has 1 amide bonds. The SMILES string of the molecule is CN(NC(=O)c1ccccc1F)C(N)=S. The Kier molecular flexibility index (Phi) is 3.56. The third kappa shape index (κ3) is 2.88. The second kappa shape index (κ2) is 4.70. The van der Waals surface area contributed by atoms with Crippen molar-refractivity contribution in [3.05, 3.63) is 35.6 Å². The predicted octanol–water partition coefficient (Wildman–Crippen LogP) is 0.646. The summed E-state index contributed by atoms with van der Waals surface area (Å²) >= 11 is 4.61. The van der Waals surface area contributed by atoms with E-state index in [0.717, 1.165) is 5.01 Å². The average Bonchev–Trinajstić information content (AvgIpc) is 2.18. The van der Waals surface area contributed by atoms with Crippen molar-refractivity contribution in [2.75, 3.05) is 7.05 Å². The van der Waals surface area contributed by atoms with Gasteiger partial charge in [-0.3, -0.25) is 15.2 Å². The lowest BCUT2D eigenvalue weighted by atomic mass is 10.2. The van der Waals surface area contributed by atoms with Gasteiger partial charge in [0.25, 0.3) is 5.91 Å². The van der Waals surface area contributed by atoms with Gasteiger partial charge in [-0.2, -0.15) is 0 Å². The Labute approximate surface area is 91.8 Å². The first-order valence-corrected chi connectivity index (χ1v) is 4.52. The van der Waals surface area contributed by atoms with E-state index in [0.29, 0.717) is 0 Å². The number of nitrogens with one attached hydrogen (secondary N) is 1. The second-order valence-corrected chi connectivity index (χ2v) is 3.24. The molecule has 0 aliphatic heterocycles. The maximum absolute atomic E-state index is 13.1. The minimum atomic E-state index is -0.594. The van der Waals surface area contributed by atoms with Crippen LogP contribution in [0.25, 0.3) is 0 Å². The van der Waals surface area contributed by atoms with Gasteiger partial charge in [0.15, 0.2) is 5.11 Å². The Balaban J connectivity index is 2.78. The molecule has 0 aliphatic rings. The topological polar surface area (TPSA) is 58.4 Å². The third-order valence-corrected chi connectivity index (χ3v) is 1.99. The Morgan fingerprint density at radius 3 is 2.67 bits per heavy atom. The number of amides is 1.